The fourth-order valence-electron chi connectivity index (χ4n) is 1.93. The van der Waals surface area contributed by atoms with Crippen molar-refractivity contribution in [3.8, 4) is 11.1 Å². The largest absolute Gasteiger partial charge is 0.416 e. The van der Waals surface area contributed by atoms with E-state index in [1.807, 2.05) is 0 Å². The number of rotatable bonds is 1. The van der Waals surface area contributed by atoms with Gasteiger partial charge in [-0.2, -0.15) is 18.3 Å². The molecule has 20 heavy (non-hydrogen) atoms. The molecule has 0 aliphatic heterocycles. The summed E-state index contributed by atoms with van der Waals surface area (Å²) in [7, 11) is 0. The maximum Gasteiger partial charge on any atom is 0.416 e. The normalized spacial score (nSPS) is 11.9. The molecule has 0 saturated carbocycles. The van der Waals surface area contributed by atoms with Gasteiger partial charge in [0.05, 0.1) is 11.8 Å². The number of nitrogen functional groups attached to an aromatic ring is 1. The van der Waals surface area contributed by atoms with Crippen LogP contribution >= 0.6 is 0 Å². The van der Waals surface area contributed by atoms with E-state index in [2.05, 4.69) is 10.1 Å². The Morgan fingerprint density at radius 2 is 1.75 bits per heavy atom. The topological polar surface area (TPSA) is 56.2 Å². The zero-order valence-electron chi connectivity index (χ0n) is 10.1. The predicted molar refractivity (Wildman–Crippen MR) is 67.8 cm³/mol. The minimum Gasteiger partial charge on any atom is -0.384 e. The molecule has 0 fully saturated rings. The van der Waals surface area contributed by atoms with Gasteiger partial charge in [0.15, 0.2) is 5.65 Å². The van der Waals surface area contributed by atoms with Gasteiger partial charge in [0.25, 0.3) is 0 Å². The van der Waals surface area contributed by atoms with Gasteiger partial charge in [0.1, 0.15) is 5.82 Å². The van der Waals surface area contributed by atoms with E-state index in [1.165, 1.54) is 16.6 Å². The maximum atomic E-state index is 12.5. The van der Waals surface area contributed by atoms with Crippen molar-refractivity contribution in [2.24, 2.45) is 0 Å². The summed E-state index contributed by atoms with van der Waals surface area (Å²) in [6, 6.07) is 6.45. The molecule has 7 heteroatoms. The van der Waals surface area contributed by atoms with Gasteiger partial charge in [0.2, 0.25) is 0 Å². The number of hydrogen-bond donors (Lipinski definition) is 1. The molecule has 0 spiro atoms. The minimum atomic E-state index is -4.34. The van der Waals surface area contributed by atoms with Crippen LogP contribution in [0.1, 0.15) is 5.56 Å². The van der Waals surface area contributed by atoms with E-state index in [0.29, 0.717) is 22.6 Å². The van der Waals surface area contributed by atoms with E-state index in [4.69, 9.17) is 5.73 Å². The van der Waals surface area contributed by atoms with E-state index in [1.54, 1.807) is 18.5 Å². The molecule has 3 aromatic rings. The number of nitrogens with two attached hydrogens (primary N) is 1. The standard InChI is InChI=1S/C13H9F3N4/c14-13(15,16)9-3-1-8(2-4-9)10-7-18-20-6-5-11(17)19-12(10)20/h1-7H,(H2,17,19). The van der Waals surface area contributed by atoms with Crippen molar-refractivity contribution in [1.29, 1.82) is 0 Å². The quantitative estimate of drug-likeness (QED) is 0.744. The van der Waals surface area contributed by atoms with E-state index in [9.17, 15) is 13.2 Å². The first-order chi connectivity index (χ1) is 9.45. The Balaban J connectivity index is 2.09. The van der Waals surface area contributed by atoms with Crippen molar-refractivity contribution in [3.63, 3.8) is 0 Å². The SMILES string of the molecule is Nc1ccn2ncc(-c3ccc(C(F)(F)F)cc3)c2n1. The van der Waals surface area contributed by atoms with Crippen LogP contribution in [0.2, 0.25) is 0 Å². The van der Waals surface area contributed by atoms with Crippen molar-refractivity contribution in [2.75, 3.05) is 5.73 Å². The number of nitrogens with zero attached hydrogens (tertiary/aromatic N) is 3. The molecule has 1 aromatic carbocycles. The van der Waals surface area contributed by atoms with Crippen molar-refractivity contribution >= 4 is 11.5 Å². The van der Waals surface area contributed by atoms with Crippen LogP contribution in [0, 0.1) is 0 Å². The van der Waals surface area contributed by atoms with Crippen molar-refractivity contribution in [1.82, 2.24) is 14.6 Å². The van der Waals surface area contributed by atoms with Crippen LogP contribution in [0.3, 0.4) is 0 Å². The summed E-state index contributed by atoms with van der Waals surface area (Å²) in [5, 5.41) is 4.08. The van der Waals surface area contributed by atoms with Crippen LogP contribution in [0.15, 0.2) is 42.7 Å². The Bertz CT molecular complexity index is 759. The molecule has 0 saturated heterocycles. The second-order valence-electron chi connectivity index (χ2n) is 4.25. The summed E-state index contributed by atoms with van der Waals surface area (Å²) >= 11 is 0. The molecule has 0 bridgehead atoms. The summed E-state index contributed by atoms with van der Waals surface area (Å²) in [6.07, 6.45) is -1.15. The molecule has 102 valence electrons. The van der Waals surface area contributed by atoms with Crippen LogP contribution in [-0.2, 0) is 6.18 Å². The van der Waals surface area contributed by atoms with Crippen LogP contribution in [0.4, 0.5) is 19.0 Å². The van der Waals surface area contributed by atoms with Crippen LogP contribution in [0.25, 0.3) is 16.8 Å². The lowest BCUT2D eigenvalue weighted by molar-refractivity contribution is -0.137. The van der Waals surface area contributed by atoms with Gasteiger partial charge in [-0.1, -0.05) is 12.1 Å². The highest BCUT2D eigenvalue weighted by atomic mass is 19.4. The van der Waals surface area contributed by atoms with Crippen molar-refractivity contribution < 1.29 is 13.2 Å². The molecule has 2 N–H and O–H groups in total. The Morgan fingerprint density at radius 3 is 2.40 bits per heavy atom. The summed E-state index contributed by atoms with van der Waals surface area (Å²) < 4.78 is 39.1. The zero-order valence-corrected chi connectivity index (χ0v) is 10.1. The maximum absolute atomic E-state index is 12.5. The molecule has 2 aromatic heterocycles. The second kappa shape index (κ2) is 4.22. The molecule has 0 amide bonds. The van der Waals surface area contributed by atoms with Crippen molar-refractivity contribution in [2.45, 2.75) is 6.18 Å². The fourth-order valence-corrected chi connectivity index (χ4v) is 1.93. The molecule has 0 unspecified atom stereocenters. The van der Waals surface area contributed by atoms with Crippen molar-refractivity contribution in [3.05, 3.63) is 48.3 Å². The van der Waals surface area contributed by atoms with E-state index >= 15 is 0 Å². The van der Waals surface area contributed by atoms with E-state index in [-0.39, 0.29) is 0 Å². The van der Waals surface area contributed by atoms with Gasteiger partial charge in [-0.05, 0) is 23.8 Å². The fraction of sp³-hybridized carbons (Fsp3) is 0.0769. The van der Waals surface area contributed by atoms with Gasteiger partial charge >= 0.3 is 6.18 Å². The highest BCUT2D eigenvalue weighted by Gasteiger charge is 2.30. The third-order valence-corrected chi connectivity index (χ3v) is 2.91. The highest BCUT2D eigenvalue weighted by molar-refractivity contribution is 5.77. The van der Waals surface area contributed by atoms with Gasteiger partial charge in [-0.15, -0.1) is 0 Å². The van der Waals surface area contributed by atoms with Gasteiger partial charge in [-0.25, -0.2) is 9.50 Å². The number of alkyl halides is 3. The summed E-state index contributed by atoms with van der Waals surface area (Å²) in [6.45, 7) is 0. The molecule has 0 radical (unpaired) electrons. The monoisotopic (exact) mass is 278 g/mol. The number of fused-ring (bicyclic) bond motifs is 1. The molecular formula is C13H9F3N4. The number of aromatic nitrogens is 3. The summed E-state index contributed by atoms with van der Waals surface area (Å²) in [5.41, 5.74) is 6.66. The third-order valence-electron chi connectivity index (χ3n) is 2.91. The van der Waals surface area contributed by atoms with Crippen LogP contribution in [0.5, 0.6) is 0 Å². The molecular weight excluding hydrogens is 269 g/mol. The average Bonchev–Trinajstić information content (AvgIpc) is 2.81. The third kappa shape index (κ3) is 2.07. The van der Waals surface area contributed by atoms with Gasteiger partial charge in [0, 0.05) is 11.8 Å². The average molecular weight is 278 g/mol. The number of hydrogen-bond acceptors (Lipinski definition) is 3. The van der Waals surface area contributed by atoms with E-state index in [0.717, 1.165) is 12.1 Å². The Hall–Kier alpha value is -2.57. The number of halogens is 3. The summed E-state index contributed by atoms with van der Waals surface area (Å²) in [5.74, 6) is 0.325. The smallest absolute Gasteiger partial charge is 0.384 e. The van der Waals surface area contributed by atoms with Crippen LogP contribution < -0.4 is 5.73 Å². The molecule has 4 nitrogen and oxygen atoms in total. The molecule has 0 aliphatic carbocycles. The van der Waals surface area contributed by atoms with Gasteiger partial charge in [-0.3, -0.25) is 0 Å². The Labute approximate surface area is 111 Å². The lowest BCUT2D eigenvalue weighted by Crippen LogP contribution is -2.04. The molecule has 0 aliphatic rings. The number of benzene rings is 1. The lowest BCUT2D eigenvalue weighted by atomic mass is 10.1. The van der Waals surface area contributed by atoms with Crippen LogP contribution in [-0.4, -0.2) is 14.6 Å². The molecule has 0 atom stereocenters. The highest BCUT2D eigenvalue weighted by Crippen LogP contribution is 2.31. The Kier molecular flexibility index (Phi) is 2.63. The summed E-state index contributed by atoms with van der Waals surface area (Å²) in [4.78, 5) is 4.14. The first kappa shape index (κ1) is 12.5. The lowest BCUT2D eigenvalue weighted by Gasteiger charge is -2.07. The first-order valence-electron chi connectivity index (χ1n) is 5.72. The Morgan fingerprint density at radius 1 is 1.05 bits per heavy atom. The number of anilines is 1. The molecule has 3 rings (SSSR count). The van der Waals surface area contributed by atoms with E-state index < -0.39 is 11.7 Å². The minimum absolute atomic E-state index is 0.325. The predicted octanol–water partition coefficient (Wildman–Crippen LogP) is 3.00. The van der Waals surface area contributed by atoms with Gasteiger partial charge < -0.3 is 5.73 Å². The molecule has 2 heterocycles. The first-order valence-corrected chi connectivity index (χ1v) is 5.72. The second-order valence-corrected chi connectivity index (χ2v) is 4.25. The zero-order chi connectivity index (χ0) is 14.3.